The highest BCUT2D eigenvalue weighted by Gasteiger charge is 2.28. The van der Waals surface area contributed by atoms with Gasteiger partial charge < -0.3 is 0 Å². The van der Waals surface area contributed by atoms with Crippen molar-refractivity contribution in [1.29, 1.82) is 0 Å². The molecular weight excluding hydrogens is 262 g/mol. The van der Waals surface area contributed by atoms with Gasteiger partial charge in [0.15, 0.2) is 0 Å². The quantitative estimate of drug-likeness (QED) is 0.902. The first kappa shape index (κ1) is 12.1. The van der Waals surface area contributed by atoms with E-state index in [-0.39, 0.29) is 6.54 Å². The standard InChI is InChI=1S/C13H13N3O2S/c17-19(18)15-9-12-5-1-2-6-13(12)16(19)10-11-4-3-7-14-8-11/h1-8,15H,9-10H2. The Balaban J connectivity index is 2.02. The molecule has 1 aliphatic rings. The smallest absolute Gasteiger partial charge is 0.264 e. The summed E-state index contributed by atoms with van der Waals surface area (Å²) in [4.78, 5) is 4.01. The van der Waals surface area contributed by atoms with Gasteiger partial charge in [-0.15, -0.1) is 0 Å². The van der Waals surface area contributed by atoms with E-state index in [0.29, 0.717) is 6.54 Å². The van der Waals surface area contributed by atoms with Crippen LogP contribution in [0.2, 0.25) is 0 Å². The fraction of sp³-hybridized carbons (Fsp3) is 0.154. The van der Waals surface area contributed by atoms with E-state index < -0.39 is 10.2 Å². The fourth-order valence-electron chi connectivity index (χ4n) is 2.11. The van der Waals surface area contributed by atoms with Gasteiger partial charge in [-0.1, -0.05) is 24.3 Å². The average Bonchev–Trinajstić information content (AvgIpc) is 2.43. The van der Waals surface area contributed by atoms with E-state index in [2.05, 4.69) is 9.71 Å². The topological polar surface area (TPSA) is 62.3 Å². The highest BCUT2D eigenvalue weighted by Crippen LogP contribution is 2.28. The van der Waals surface area contributed by atoms with Gasteiger partial charge >= 0.3 is 10.2 Å². The van der Waals surface area contributed by atoms with Gasteiger partial charge in [0.25, 0.3) is 0 Å². The molecule has 5 nitrogen and oxygen atoms in total. The van der Waals surface area contributed by atoms with Crippen LogP contribution >= 0.6 is 0 Å². The second-order valence-corrected chi connectivity index (χ2v) is 6.00. The number of fused-ring (bicyclic) bond motifs is 1. The van der Waals surface area contributed by atoms with Crippen molar-refractivity contribution >= 4 is 15.9 Å². The molecule has 0 saturated heterocycles. The number of aromatic nitrogens is 1. The van der Waals surface area contributed by atoms with Gasteiger partial charge in [-0.3, -0.25) is 9.29 Å². The number of rotatable bonds is 2. The Morgan fingerprint density at radius 3 is 2.84 bits per heavy atom. The third-order valence-electron chi connectivity index (χ3n) is 3.04. The Morgan fingerprint density at radius 1 is 1.21 bits per heavy atom. The minimum absolute atomic E-state index is 0.278. The van der Waals surface area contributed by atoms with E-state index in [9.17, 15) is 8.42 Å². The SMILES string of the molecule is O=S1(=O)NCc2ccccc2N1Cc1cccnc1. The molecule has 1 aliphatic heterocycles. The van der Waals surface area contributed by atoms with Crippen molar-refractivity contribution in [3.8, 4) is 0 Å². The summed E-state index contributed by atoms with van der Waals surface area (Å²) in [5, 5.41) is 0. The first-order valence-electron chi connectivity index (χ1n) is 5.91. The molecule has 1 N–H and O–H groups in total. The van der Waals surface area contributed by atoms with Crippen LogP contribution in [0.5, 0.6) is 0 Å². The van der Waals surface area contributed by atoms with Crippen molar-refractivity contribution in [2.24, 2.45) is 0 Å². The monoisotopic (exact) mass is 275 g/mol. The second-order valence-electron chi connectivity index (χ2n) is 4.32. The minimum atomic E-state index is -3.48. The summed E-state index contributed by atoms with van der Waals surface area (Å²) in [6, 6.07) is 11.2. The van der Waals surface area contributed by atoms with Crippen LogP contribution in [0.1, 0.15) is 11.1 Å². The molecule has 0 unspecified atom stereocenters. The molecule has 0 saturated carbocycles. The zero-order valence-electron chi connectivity index (χ0n) is 10.2. The molecule has 0 amide bonds. The molecule has 0 spiro atoms. The van der Waals surface area contributed by atoms with Crippen LogP contribution in [0.4, 0.5) is 5.69 Å². The van der Waals surface area contributed by atoms with E-state index in [1.807, 2.05) is 30.3 Å². The summed E-state index contributed by atoms with van der Waals surface area (Å²) in [5.74, 6) is 0. The molecule has 0 aliphatic carbocycles. The molecule has 2 aromatic rings. The van der Waals surface area contributed by atoms with E-state index in [0.717, 1.165) is 16.8 Å². The van der Waals surface area contributed by atoms with Gasteiger partial charge in [-0.25, -0.2) is 0 Å². The molecule has 0 bridgehead atoms. The van der Waals surface area contributed by atoms with Crippen LogP contribution in [0.25, 0.3) is 0 Å². The van der Waals surface area contributed by atoms with Gasteiger partial charge in [0, 0.05) is 18.9 Å². The highest BCUT2D eigenvalue weighted by molar-refractivity contribution is 7.90. The minimum Gasteiger partial charge on any atom is -0.264 e. The molecule has 6 heteroatoms. The Hall–Kier alpha value is -1.92. The van der Waals surface area contributed by atoms with Crippen molar-refractivity contribution in [1.82, 2.24) is 9.71 Å². The van der Waals surface area contributed by atoms with E-state index >= 15 is 0 Å². The number of para-hydroxylation sites is 1. The number of nitrogens with zero attached hydrogens (tertiary/aromatic N) is 2. The van der Waals surface area contributed by atoms with Crippen LogP contribution < -0.4 is 9.03 Å². The lowest BCUT2D eigenvalue weighted by molar-refractivity contribution is 0.571. The molecule has 1 aromatic carbocycles. The molecule has 0 fully saturated rings. The Labute approximate surface area is 112 Å². The van der Waals surface area contributed by atoms with Crippen LogP contribution in [0, 0.1) is 0 Å². The van der Waals surface area contributed by atoms with Gasteiger partial charge in [0.05, 0.1) is 12.2 Å². The number of pyridine rings is 1. The van der Waals surface area contributed by atoms with Gasteiger partial charge in [-0.2, -0.15) is 13.1 Å². The maximum Gasteiger partial charge on any atom is 0.302 e. The zero-order chi connectivity index (χ0) is 13.3. The van der Waals surface area contributed by atoms with Crippen LogP contribution in [0.15, 0.2) is 48.8 Å². The van der Waals surface area contributed by atoms with Crippen molar-refractivity contribution < 1.29 is 8.42 Å². The molecule has 2 heterocycles. The Morgan fingerprint density at radius 2 is 2.05 bits per heavy atom. The summed E-state index contributed by atoms with van der Waals surface area (Å²) < 4.78 is 28.2. The van der Waals surface area contributed by atoms with Gasteiger partial charge in [0.1, 0.15) is 0 Å². The number of benzene rings is 1. The van der Waals surface area contributed by atoms with Crippen LogP contribution in [-0.2, 0) is 23.3 Å². The highest BCUT2D eigenvalue weighted by atomic mass is 32.2. The maximum atomic E-state index is 12.1. The van der Waals surface area contributed by atoms with Gasteiger partial charge in [0.2, 0.25) is 0 Å². The summed E-state index contributed by atoms with van der Waals surface area (Å²) in [5.41, 5.74) is 2.55. The van der Waals surface area contributed by atoms with E-state index in [4.69, 9.17) is 0 Å². The summed E-state index contributed by atoms with van der Waals surface area (Å²) in [7, 11) is -3.48. The molecule has 0 radical (unpaired) electrons. The number of hydrogen-bond acceptors (Lipinski definition) is 3. The van der Waals surface area contributed by atoms with Gasteiger partial charge in [-0.05, 0) is 23.3 Å². The molecule has 98 valence electrons. The summed E-state index contributed by atoms with van der Waals surface area (Å²) in [6.07, 6.45) is 3.34. The van der Waals surface area contributed by atoms with Crippen molar-refractivity contribution in [2.75, 3.05) is 4.31 Å². The normalized spacial score (nSPS) is 16.9. The van der Waals surface area contributed by atoms with Crippen molar-refractivity contribution in [2.45, 2.75) is 13.1 Å². The predicted molar refractivity (Wildman–Crippen MR) is 72.6 cm³/mol. The maximum absolute atomic E-state index is 12.1. The third-order valence-corrected chi connectivity index (χ3v) is 4.46. The summed E-state index contributed by atoms with van der Waals surface area (Å²) in [6.45, 7) is 0.613. The predicted octanol–water partition coefficient (Wildman–Crippen LogP) is 1.44. The molecule has 1 aromatic heterocycles. The Kier molecular flexibility index (Phi) is 2.96. The molecule has 0 atom stereocenters. The third kappa shape index (κ3) is 2.32. The van der Waals surface area contributed by atoms with Crippen LogP contribution in [0.3, 0.4) is 0 Å². The summed E-state index contributed by atoms with van der Waals surface area (Å²) >= 11 is 0. The largest absolute Gasteiger partial charge is 0.302 e. The fourth-order valence-corrected chi connectivity index (χ4v) is 3.36. The molecular formula is C13H13N3O2S. The first-order valence-corrected chi connectivity index (χ1v) is 7.35. The van der Waals surface area contributed by atoms with Crippen molar-refractivity contribution in [3.05, 3.63) is 59.9 Å². The average molecular weight is 275 g/mol. The molecule has 3 rings (SSSR count). The Bertz CT molecular complexity index is 686. The van der Waals surface area contributed by atoms with Crippen LogP contribution in [-0.4, -0.2) is 13.4 Å². The lowest BCUT2D eigenvalue weighted by Gasteiger charge is -2.30. The lowest BCUT2D eigenvalue weighted by atomic mass is 10.1. The number of hydrogen-bond donors (Lipinski definition) is 1. The van der Waals surface area contributed by atoms with Crippen molar-refractivity contribution in [3.63, 3.8) is 0 Å². The number of nitrogens with one attached hydrogen (secondary N) is 1. The first-order chi connectivity index (χ1) is 9.17. The zero-order valence-corrected chi connectivity index (χ0v) is 11.0. The number of anilines is 1. The lowest BCUT2D eigenvalue weighted by Crippen LogP contribution is -2.44. The molecule has 19 heavy (non-hydrogen) atoms. The van der Waals surface area contributed by atoms with E-state index in [1.54, 1.807) is 18.5 Å². The van der Waals surface area contributed by atoms with E-state index in [1.165, 1.54) is 4.31 Å². The second kappa shape index (κ2) is 4.64.